The third-order valence-corrected chi connectivity index (χ3v) is 4.26. The average molecular weight is 316 g/mol. The van der Waals surface area contributed by atoms with Crippen molar-refractivity contribution in [1.29, 1.82) is 0 Å². The number of allylic oxidation sites excluding steroid dienone is 1. The Balaban J connectivity index is 1.86. The second kappa shape index (κ2) is 7.27. The maximum Gasteiger partial charge on any atom is 0.131 e. The van der Waals surface area contributed by atoms with Crippen LogP contribution in [0.3, 0.4) is 0 Å². The van der Waals surface area contributed by atoms with Crippen molar-refractivity contribution in [2.45, 2.75) is 19.8 Å². The van der Waals surface area contributed by atoms with Crippen molar-refractivity contribution in [3.63, 3.8) is 0 Å². The number of hydrogen-bond donors (Lipinski definition) is 0. The summed E-state index contributed by atoms with van der Waals surface area (Å²) in [4.78, 5) is 0. The van der Waals surface area contributed by atoms with E-state index in [1.54, 1.807) is 6.07 Å². The summed E-state index contributed by atoms with van der Waals surface area (Å²) in [5.74, 6) is -0.188. The standard InChI is InChI=1S/C23H21F/c1-3-4-5-18-8-12-19(13-9-18)21-14-15-22(23(24)16-21)20-10-6-17(2)7-11-20/h3,6-16H,1,4-5H2,2H3. The van der Waals surface area contributed by atoms with E-state index in [0.717, 1.165) is 29.5 Å². The zero-order valence-electron chi connectivity index (χ0n) is 13.9. The predicted octanol–water partition coefficient (Wildman–Crippen LogP) is 6.59. The van der Waals surface area contributed by atoms with Gasteiger partial charge in [-0.3, -0.25) is 0 Å². The molecular weight excluding hydrogens is 295 g/mol. The van der Waals surface area contributed by atoms with Gasteiger partial charge in [0.2, 0.25) is 0 Å². The molecule has 0 radical (unpaired) electrons. The van der Waals surface area contributed by atoms with Gasteiger partial charge in [-0.2, -0.15) is 0 Å². The lowest BCUT2D eigenvalue weighted by Crippen LogP contribution is -1.88. The molecule has 0 saturated heterocycles. The van der Waals surface area contributed by atoms with Gasteiger partial charge in [-0.15, -0.1) is 6.58 Å². The number of rotatable bonds is 5. The van der Waals surface area contributed by atoms with Crippen molar-refractivity contribution >= 4 is 0 Å². The minimum atomic E-state index is -0.188. The fourth-order valence-corrected chi connectivity index (χ4v) is 2.79. The van der Waals surface area contributed by atoms with E-state index in [-0.39, 0.29) is 5.82 Å². The molecule has 0 amide bonds. The molecule has 1 heteroatoms. The van der Waals surface area contributed by atoms with E-state index >= 15 is 0 Å². The van der Waals surface area contributed by atoms with Crippen LogP contribution in [0.1, 0.15) is 17.5 Å². The summed E-state index contributed by atoms with van der Waals surface area (Å²) < 4.78 is 14.6. The van der Waals surface area contributed by atoms with Gasteiger partial charge in [0, 0.05) is 5.56 Å². The molecule has 3 aromatic rings. The Kier molecular flexibility index (Phi) is 4.90. The van der Waals surface area contributed by atoms with Gasteiger partial charge in [-0.1, -0.05) is 72.3 Å². The van der Waals surface area contributed by atoms with Gasteiger partial charge in [-0.05, 0) is 48.1 Å². The zero-order valence-corrected chi connectivity index (χ0v) is 13.9. The van der Waals surface area contributed by atoms with Gasteiger partial charge < -0.3 is 0 Å². The largest absolute Gasteiger partial charge is 0.206 e. The van der Waals surface area contributed by atoms with Crippen LogP contribution in [0.2, 0.25) is 0 Å². The highest BCUT2D eigenvalue weighted by Gasteiger charge is 2.07. The minimum Gasteiger partial charge on any atom is -0.206 e. The molecular formula is C23H21F. The van der Waals surface area contributed by atoms with Gasteiger partial charge in [0.15, 0.2) is 0 Å². The zero-order chi connectivity index (χ0) is 16.9. The first-order chi connectivity index (χ1) is 11.7. The van der Waals surface area contributed by atoms with Crippen LogP contribution in [0.25, 0.3) is 22.3 Å². The van der Waals surface area contributed by atoms with Crippen LogP contribution < -0.4 is 0 Å². The third kappa shape index (κ3) is 3.62. The first-order valence-electron chi connectivity index (χ1n) is 8.24. The first kappa shape index (κ1) is 16.2. The highest BCUT2D eigenvalue weighted by molar-refractivity contribution is 5.71. The second-order valence-electron chi connectivity index (χ2n) is 6.08. The smallest absolute Gasteiger partial charge is 0.131 e. The van der Waals surface area contributed by atoms with Gasteiger partial charge in [0.25, 0.3) is 0 Å². The molecule has 0 unspecified atom stereocenters. The van der Waals surface area contributed by atoms with Crippen molar-refractivity contribution < 1.29 is 4.39 Å². The van der Waals surface area contributed by atoms with Crippen LogP contribution in [-0.4, -0.2) is 0 Å². The van der Waals surface area contributed by atoms with Crippen molar-refractivity contribution in [1.82, 2.24) is 0 Å². The second-order valence-corrected chi connectivity index (χ2v) is 6.08. The Labute approximate surface area is 143 Å². The maximum atomic E-state index is 14.6. The van der Waals surface area contributed by atoms with E-state index < -0.39 is 0 Å². The molecule has 0 atom stereocenters. The molecule has 0 fully saturated rings. The SMILES string of the molecule is C=CCCc1ccc(-c2ccc(-c3ccc(C)cc3)c(F)c2)cc1. The van der Waals surface area contributed by atoms with Gasteiger partial charge in [0.1, 0.15) is 5.82 Å². The number of halogens is 1. The lowest BCUT2D eigenvalue weighted by molar-refractivity contribution is 0.632. The Hall–Kier alpha value is -2.67. The van der Waals surface area contributed by atoms with E-state index in [9.17, 15) is 4.39 Å². The topological polar surface area (TPSA) is 0 Å². The first-order valence-corrected chi connectivity index (χ1v) is 8.24. The highest BCUT2D eigenvalue weighted by atomic mass is 19.1. The summed E-state index contributed by atoms with van der Waals surface area (Å²) in [6.45, 7) is 5.78. The summed E-state index contributed by atoms with van der Waals surface area (Å²) in [6, 6.07) is 21.7. The molecule has 24 heavy (non-hydrogen) atoms. The van der Waals surface area contributed by atoms with E-state index in [0.29, 0.717) is 5.56 Å². The van der Waals surface area contributed by atoms with E-state index in [1.165, 1.54) is 11.1 Å². The summed E-state index contributed by atoms with van der Waals surface area (Å²) >= 11 is 0. The van der Waals surface area contributed by atoms with Crippen LogP contribution in [0, 0.1) is 12.7 Å². The van der Waals surface area contributed by atoms with Crippen LogP contribution in [0.5, 0.6) is 0 Å². The van der Waals surface area contributed by atoms with E-state index in [2.05, 4.69) is 30.8 Å². The maximum absolute atomic E-state index is 14.6. The molecule has 3 aromatic carbocycles. The normalized spacial score (nSPS) is 10.6. The molecule has 3 rings (SSSR count). The van der Waals surface area contributed by atoms with Gasteiger partial charge in [0.05, 0.1) is 0 Å². The van der Waals surface area contributed by atoms with Crippen LogP contribution in [-0.2, 0) is 6.42 Å². The Bertz CT molecular complexity index is 827. The van der Waals surface area contributed by atoms with E-state index in [4.69, 9.17) is 0 Å². The Morgan fingerprint density at radius 2 is 1.46 bits per heavy atom. The number of benzene rings is 3. The quantitative estimate of drug-likeness (QED) is 0.466. The fraction of sp³-hybridized carbons (Fsp3) is 0.130. The number of aryl methyl sites for hydroxylation is 2. The lowest BCUT2D eigenvalue weighted by Gasteiger charge is -2.08. The van der Waals surface area contributed by atoms with Crippen molar-refractivity contribution in [3.05, 3.63) is 96.3 Å². The molecule has 0 bridgehead atoms. The van der Waals surface area contributed by atoms with Gasteiger partial charge >= 0.3 is 0 Å². The number of hydrogen-bond acceptors (Lipinski definition) is 0. The molecule has 0 spiro atoms. The summed E-state index contributed by atoms with van der Waals surface area (Å²) in [5, 5.41) is 0. The molecule has 0 heterocycles. The van der Waals surface area contributed by atoms with E-state index in [1.807, 2.05) is 49.4 Å². The predicted molar refractivity (Wildman–Crippen MR) is 101 cm³/mol. The van der Waals surface area contributed by atoms with Crippen molar-refractivity contribution in [2.24, 2.45) is 0 Å². The summed E-state index contributed by atoms with van der Waals surface area (Å²) in [5.41, 5.74) is 5.93. The molecule has 0 N–H and O–H groups in total. The van der Waals surface area contributed by atoms with Gasteiger partial charge in [-0.25, -0.2) is 4.39 Å². The van der Waals surface area contributed by atoms with Crippen LogP contribution >= 0.6 is 0 Å². The minimum absolute atomic E-state index is 0.188. The third-order valence-electron chi connectivity index (χ3n) is 4.26. The molecule has 0 aliphatic heterocycles. The molecule has 0 aromatic heterocycles. The lowest BCUT2D eigenvalue weighted by atomic mass is 9.98. The van der Waals surface area contributed by atoms with Crippen molar-refractivity contribution in [3.8, 4) is 22.3 Å². The highest BCUT2D eigenvalue weighted by Crippen LogP contribution is 2.28. The molecule has 0 aliphatic rings. The summed E-state index contributed by atoms with van der Waals surface area (Å²) in [6.07, 6.45) is 3.89. The summed E-state index contributed by atoms with van der Waals surface area (Å²) in [7, 11) is 0. The molecule has 0 aliphatic carbocycles. The average Bonchev–Trinajstić information content (AvgIpc) is 2.61. The molecule has 120 valence electrons. The fourth-order valence-electron chi connectivity index (χ4n) is 2.79. The molecule has 0 nitrogen and oxygen atoms in total. The van der Waals surface area contributed by atoms with Crippen molar-refractivity contribution in [2.75, 3.05) is 0 Å². The Morgan fingerprint density at radius 3 is 2.08 bits per heavy atom. The Morgan fingerprint density at radius 1 is 0.833 bits per heavy atom. The molecule has 0 saturated carbocycles. The van der Waals surface area contributed by atoms with Crippen LogP contribution in [0.15, 0.2) is 79.4 Å². The monoisotopic (exact) mass is 316 g/mol. The van der Waals surface area contributed by atoms with Crippen LogP contribution in [0.4, 0.5) is 4.39 Å².